The summed E-state index contributed by atoms with van der Waals surface area (Å²) in [6.45, 7) is 4.76. The molecule has 0 unspecified atom stereocenters. The van der Waals surface area contributed by atoms with Gasteiger partial charge in [0.15, 0.2) is 0 Å². The molecule has 0 saturated heterocycles. The van der Waals surface area contributed by atoms with Crippen molar-refractivity contribution in [3.8, 4) is 5.88 Å². The Kier molecular flexibility index (Phi) is 3.83. The zero-order valence-corrected chi connectivity index (χ0v) is 9.17. The van der Waals surface area contributed by atoms with Crippen LogP contribution in [0.5, 0.6) is 5.88 Å². The Labute approximate surface area is 89.3 Å². The van der Waals surface area contributed by atoms with E-state index in [0.29, 0.717) is 29.0 Å². The van der Waals surface area contributed by atoms with E-state index in [4.69, 9.17) is 22.7 Å². The van der Waals surface area contributed by atoms with E-state index in [1.807, 2.05) is 6.07 Å². The maximum absolute atomic E-state index is 5.53. The average molecular weight is 210 g/mol. The zero-order valence-electron chi connectivity index (χ0n) is 8.36. The molecule has 0 aromatic carbocycles. The van der Waals surface area contributed by atoms with E-state index in [1.165, 1.54) is 0 Å². The van der Waals surface area contributed by atoms with E-state index in [1.54, 1.807) is 12.3 Å². The molecule has 0 atom stereocenters. The lowest BCUT2D eigenvalue weighted by atomic mass is 10.2. The molecular formula is C10H14N2OS. The molecule has 0 bridgehead atoms. The Bertz CT molecular complexity index is 326. The van der Waals surface area contributed by atoms with Crippen molar-refractivity contribution in [2.24, 2.45) is 11.7 Å². The Hall–Kier alpha value is -1.16. The largest absolute Gasteiger partial charge is 0.477 e. The van der Waals surface area contributed by atoms with Crippen molar-refractivity contribution >= 4 is 17.2 Å². The normalized spacial score (nSPS) is 10.2. The fraction of sp³-hybridized carbons (Fsp3) is 0.400. The molecule has 0 saturated carbocycles. The Morgan fingerprint density at radius 1 is 1.64 bits per heavy atom. The summed E-state index contributed by atoms with van der Waals surface area (Å²) in [7, 11) is 0. The summed E-state index contributed by atoms with van der Waals surface area (Å²) in [5.41, 5.74) is 6.23. The molecule has 0 amide bonds. The van der Waals surface area contributed by atoms with Crippen LogP contribution in [0.1, 0.15) is 19.4 Å². The van der Waals surface area contributed by atoms with E-state index in [0.717, 1.165) is 0 Å². The van der Waals surface area contributed by atoms with Crippen LogP contribution in [0, 0.1) is 5.92 Å². The number of hydrogen-bond donors (Lipinski definition) is 1. The summed E-state index contributed by atoms with van der Waals surface area (Å²) in [6.07, 6.45) is 1.66. The van der Waals surface area contributed by atoms with E-state index >= 15 is 0 Å². The van der Waals surface area contributed by atoms with Crippen LogP contribution in [-0.4, -0.2) is 16.6 Å². The topological polar surface area (TPSA) is 48.1 Å². The minimum absolute atomic E-state index is 0.317. The number of pyridine rings is 1. The number of nitrogens with zero attached hydrogens (tertiary/aromatic N) is 1. The number of rotatable bonds is 4. The molecular weight excluding hydrogens is 196 g/mol. The number of ether oxygens (including phenoxy) is 1. The number of thiocarbonyl (C=S) groups is 1. The molecule has 0 aliphatic carbocycles. The number of nitrogens with two attached hydrogens (primary N) is 1. The molecule has 1 rings (SSSR count). The van der Waals surface area contributed by atoms with Crippen molar-refractivity contribution in [1.29, 1.82) is 0 Å². The van der Waals surface area contributed by atoms with Crippen LogP contribution >= 0.6 is 12.2 Å². The van der Waals surface area contributed by atoms with Crippen molar-refractivity contribution in [3.63, 3.8) is 0 Å². The Morgan fingerprint density at radius 2 is 2.36 bits per heavy atom. The lowest BCUT2D eigenvalue weighted by Crippen LogP contribution is -2.14. The zero-order chi connectivity index (χ0) is 10.6. The fourth-order valence-corrected chi connectivity index (χ4v) is 1.09. The molecule has 14 heavy (non-hydrogen) atoms. The smallest absolute Gasteiger partial charge is 0.223 e. The molecule has 3 nitrogen and oxygen atoms in total. The maximum Gasteiger partial charge on any atom is 0.223 e. The SMILES string of the molecule is CC(C)COc1ncccc1C(N)=S. The third-order valence-corrected chi connectivity index (χ3v) is 1.81. The summed E-state index contributed by atoms with van der Waals surface area (Å²) in [6, 6.07) is 3.60. The second-order valence-electron chi connectivity index (χ2n) is 3.43. The van der Waals surface area contributed by atoms with E-state index in [9.17, 15) is 0 Å². The monoisotopic (exact) mass is 210 g/mol. The van der Waals surface area contributed by atoms with Gasteiger partial charge in [-0.25, -0.2) is 4.98 Å². The quantitative estimate of drug-likeness (QED) is 0.769. The van der Waals surface area contributed by atoms with E-state index in [2.05, 4.69) is 18.8 Å². The molecule has 0 aliphatic heterocycles. The summed E-state index contributed by atoms with van der Waals surface area (Å²) >= 11 is 4.89. The standard InChI is InChI=1S/C10H14N2OS/c1-7(2)6-13-10-8(9(11)14)4-3-5-12-10/h3-5,7H,6H2,1-2H3,(H2,11,14). The van der Waals surface area contributed by atoms with Crippen molar-refractivity contribution < 1.29 is 4.74 Å². The molecule has 0 aliphatic rings. The average Bonchev–Trinajstić information content (AvgIpc) is 2.15. The fourth-order valence-electron chi connectivity index (χ4n) is 0.939. The highest BCUT2D eigenvalue weighted by molar-refractivity contribution is 7.80. The second-order valence-corrected chi connectivity index (χ2v) is 3.87. The highest BCUT2D eigenvalue weighted by atomic mass is 32.1. The molecule has 1 aromatic rings. The van der Waals surface area contributed by atoms with Crippen LogP contribution in [0.25, 0.3) is 0 Å². The van der Waals surface area contributed by atoms with Crippen LogP contribution in [0.4, 0.5) is 0 Å². The number of hydrogen-bond acceptors (Lipinski definition) is 3. The highest BCUT2D eigenvalue weighted by Crippen LogP contribution is 2.14. The second kappa shape index (κ2) is 4.91. The first-order chi connectivity index (χ1) is 6.61. The molecule has 1 aromatic heterocycles. The predicted molar refractivity (Wildman–Crippen MR) is 60.5 cm³/mol. The molecule has 1 heterocycles. The Balaban J connectivity index is 2.79. The third kappa shape index (κ3) is 2.96. The van der Waals surface area contributed by atoms with Crippen molar-refractivity contribution in [2.75, 3.05) is 6.61 Å². The van der Waals surface area contributed by atoms with Crippen LogP contribution in [0.15, 0.2) is 18.3 Å². The van der Waals surface area contributed by atoms with E-state index in [-0.39, 0.29) is 0 Å². The lowest BCUT2D eigenvalue weighted by Gasteiger charge is -2.10. The van der Waals surface area contributed by atoms with Gasteiger partial charge in [0.2, 0.25) is 5.88 Å². The van der Waals surface area contributed by atoms with Gasteiger partial charge in [0.05, 0.1) is 12.2 Å². The first-order valence-corrected chi connectivity index (χ1v) is 4.89. The molecule has 0 fully saturated rings. The van der Waals surface area contributed by atoms with Gasteiger partial charge in [-0.2, -0.15) is 0 Å². The van der Waals surface area contributed by atoms with Gasteiger partial charge < -0.3 is 10.5 Å². The molecule has 4 heteroatoms. The van der Waals surface area contributed by atoms with Crippen LogP contribution in [0.2, 0.25) is 0 Å². The lowest BCUT2D eigenvalue weighted by molar-refractivity contribution is 0.261. The van der Waals surface area contributed by atoms with Crippen molar-refractivity contribution in [1.82, 2.24) is 4.98 Å². The molecule has 76 valence electrons. The predicted octanol–water partition coefficient (Wildman–Crippen LogP) is 1.75. The van der Waals surface area contributed by atoms with Gasteiger partial charge in [0, 0.05) is 6.20 Å². The summed E-state index contributed by atoms with van der Waals surface area (Å²) in [4.78, 5) is 4.40. The van der Waals surface area contributed by atoms with E-state index < -0.39 is 0 Å². The van der Waals surface area contributed by atoms with Crippen LogP contribution in [0.3, 0.4) is 0 Å². The van der Waals surface area contributed by atoms with Crippen molar-refractivity contribution in [3.05, 3.63) is 23.9 Å². The van der Waals surface area contributed by atoms with Crippen LogP contribution in [-0.2, 0) is 0 Å². The van der Waals surface area contributed by atoms with Crippen LogP contribution < -0.4 is 10.5 Å². The Morgan fingerprint density at radius 3 is 2.93 bits per heavy atom. The first kappa shape index (κ1) is 10.9. The minimum atomic E-state index is 0.317. The summed E-state index contributed by atoms with van der Waals surface area (Å²) in [5, 5.41) is 0. The summed E-state index contributed by atoms with van der Waals surface area (Å²) in [5.74, 6) is 0.977. The summed E-state index contributed by atoms with van der Waals surface area (Å²) < 4.78 is 5.48. The van der Waals surface area contributed by atoms with Gasteiger partial charge in [-0.05, 0) is 18.1 Å². The minimum Gasteiger partial charge on any atom is -0.477 e. The van der Waals surface area contributed by atoms with Gasteiger partial charge in [-0.3, -0.25) is 0 Å². The number of aromatic nitrogens is 1. The van der Waals surface area contributed by atoms with Gasteiger partial charge in [0.1, 0.15) is 4.99 Å². The van der Waals surface area contributed by atoms with Gasteiger partial charge in [-0.15, -0.1) is 0 Å². The van der Waals surface area contributed by atoms with Gasteiger partial charge >= 0.3 is 0 Å². The molecule has 0 spiro atoms. The first-order valence-electron chi connectivity index (χ1n) is 4.49. The molecule has 0 radical (unpaired) electrons. The maximum atomic E-state index is 5.53. The highest BCUT2D eigenvalue weighted by Gasteiger charge is 2.07. The molecule has 2 N–H and O–H groups in total. The van der Waals surface area contributed by atoms with Gasteiger partial charge in [0.25, 0.3) is 0 Å². The third-order valence-electron chi connectivity index (χ3n) is 1.59. The van der Waals surface area contributed by atoms with Crippen molar-refractivity contribution in [2.45, 2.75) is 13.8 Å². The van der Waals surface area contributed by atoms with Gasteiger partial charge in [-0.1, -0.05) is 26.1 Å².